The first-order valence-corrected chi connectivity index (χ1v) is 4.38. The second-order valence-corrected chi connectivity index (χ2v) is 3.50. The lowest BCUT2D eigenvalue weighted by molar-refractivity contribution is 0.134. The first-order chi connectivity index (χ1) is 5.64. The number of benzene rings is 1. The molecule has 0 aliphatic rings. The van der Waals surface area contributed by atoms with Crippen molar-refractivity contribution in [2.45, 2.75) is 19.4 Å². The number of halogens is 1. The summed E-state index contributed by atoms with van der Waals surface area (Å²) < 4.78 is 5.60. The summed E-state index contributed by atoms with van der Waals surface area (Å²) in [4.78, 5) is 0. The van der Waals surface area contributed by atoms with Gasteiger partial charge in [0, 0.05) is 0 Å². The average Bonchev–Trinajstić information content (AvgIpc) is 2.06. The first kappa shape index (κ1) is 9.40. The maximum absolute atomic E-state index is 5.71. The summed E-state index contributed by atoms with van der Waals surface area (Å²) in [6, 6.07) is 10.3. The van der Waals surface area contributed by atoms with Crippen molar-refractivity contribution < 1.29 is 4.74 Å². The topological polar surface area (TPSA) is 9.23 Å². The second kappa shape index (κ2) is 3.81. The van der Waals surface area contributed by atoms with Gasteiger partial charge in [0.2, 0.25) is 0 Å². The Balaban J connectivity index is 2.64. The molecule has 0 heterocycles. The molecule has 0 aliphatic carbocycles. The van der Waals surface area contributed by atoms with Gasteiger partial charge in [0.1, 0.15) is 11.4 Å². The monoisotopic (exact) mass is 183 g/mol. The number of ether oxygens (including phenoxy) is 1. The highest BCUT2D eigenvalue weighted by atomic mass is 35.5. The van der Waals surface area contributed by atoms with Crippen LogP contribution in [0.3, 0.4) is 0 Å². The fraction of sp³-hybridized carbons (Fsp3) is 0.400. The van der Waals surface area contributed by atoms with Crippen LogP contribution in [0.2, 0.25) is 0 Å². The second-order valence-electron chi connectivity index (χ2n) is 3.23. The molecule has 0 bridgehead atoms. The molecule has 0 N–H and O–H groups in total. The average molecular weight is 184 g/mol. The highest BCUT2D eigenvalue weighted by Crippen LogP contribution is 2.18. The summed E-state index contributed by atoms with van der Waals surface area (Å²) in [5.74, 6) is 1.31. The number of alkyl halides is 1. The fourth-order valence-electron chi connectivity index (χ4n) is 0.786. The van der Waals surface area contributed by atoms with E-state index in [9.17, 15) is 0 Å². The molecule has 1 aromatic rings. The summed E-state index contributed by atoms with van der Waals surface area (Å²) >= 11 is 5.71. The van der Waals surface area contributed by atoms with Crippen molar-refractivity contribution in [2.24, 2.45) is 0 Å². The SMILES string of the molecule is CC(C)(CCl)Oc1cc[c]cc1. The third-order valence-electron chi connectivity index (χ3n) is 1.40. The van der Waals surface area contributed by atoms with Gasteiger partial charge in [-0.05, 0) is 32.0 Å². The van der Waals surface area contributed by atoms with Crippen LogP contribution in [0.1, 0.15) is 13.8 Å². The van der Waals surface area contributed by atoms with E-state index >= 15 is 0 Å². The van der Waals surface area contributed by atoms with Gasteiger partial charge in [-0.1, -0.05) is 12.1 Å². The first-order valence-electron chi connectivity index (χ1n) is 3.85. The fourth-order valence-corrected chi connectivity index (χ4v) is 0.841. The smallest absolute Gasteiger partial charge is 0.120 e. The van der Waals surface area contributed by atoms with E-state index in [-0.39, 0.29) is 5.60 Å². The van der Waals surface area contributed by atoms with Crippen molar-refractivity contribution in [3.63, 3.8) is 0 Å². The molecule has 0 atom stereocenters. The zero-order valence-electron chi connectivity index (χ0n) is 7.30. The Morgan fingerprint density at radius 1 is 1.42 bits per heavy atom. The van der Waals surface area contributed by atoms with Crippen LogP contribution in [-0.4, -0.2) is 11.5 Å². The van der Waals surface area contributed by atoms with Crippen molar-refractivity contribution in [1.82, 2.24) is 0 Å². The molecule has 0 aliphatic heterocycles. The van der Waals surface area contributed by atoms with E-state index in [1.807, 2.05) is 38.1 Å². The lowest BCUT2D eigenvalue weighted by atomic mass is 10.2. The molecular formula is C10H12ClO. The molecule has 0 saturated heterocycles. The molecule has 1 nitrogen and oxygen atoms in total. The highest BCUT2D eigenvalue weighted by Gasteiger charge is 2.17. The van der Waals surface area contributed by atoms with Crippen LogP contribution >= 0.6 is 11.6 Å². The van der Waals surface area contributed by atoms with Crippen LogP contribution in [0.5, 0.6) is 5.75 Å². The van der Waals surface area contributed by atoms with Gasteiger partial charge in [-0.15, -0.1) is 11.6 Å². The maximum atomic E-state index is 5.71. The van der Waals surface area contributed by atoms with E-state index in [2.05, 4.69) is 6.07 Å². The van der Waals surface area contributed by atoms with Crippen molar-refractivity contribution >= 4 is 11.6 Å². The van der Waals surface area contributed by atoms with Crippen LogP contribution < -0.4 is 4.74 Å². The largest absolute Gasteiger partial charge is 0.487 e. The van der Waals surface area contributed by atoms with Gasteiger partial charge in [-0.3, -0.25) is 0 Å². The number of rotatable bonds is 3. The van der Waals surface area contributed by atoms with E-state index in [1.165, 1.54) is 0 Å². The van der Waals surface area contributed by atoms with Crippen LogP contribution in [0, 0.1) is 6.07 Å². The highest BCUT2D eigenvalue weighted by molar-refractivity contribution is 6.18. The molecule has 0 aromatic heterocycles. The predicted octanol–water partition coefficient (Wildman–Crippen LogP) is 2.88. The summed E-state index contributed by atoms with van der Waals surface area (Å²) in [5.41, 5.74) is -0.303. The quantitative estimate of drug-likeness (QED) is 0.655. The third-order valence-corrected chi connectivity index (χ3v) is 2.05. The molecular weight excluding hydrogens is 172 g/mol. The molecule has 0 saturated carbocycles. The van der Waals surface area contributed by atoms with E-state index in [0.29, 0.717) is 5.88 Å². The molecule has 0 spiro atoms. The molecule has 2 heteroatoms. The van der Waals surface area contributed by atoms with Crippen LogP contribution in [-0.2, 0) is 0 Å². The Morgan fingerprint density at radius 2 is 2.00 bits per heavy atom. The molecule has 0 fully saturated rings. The van der Waals surface area contributed by atoms with Gasteiger partial charge in [0.05, 0.1) is 5.88 Å². The van der Waals surface area contributed by atoms with E-state index < -0.39 is 0 Å². The van der Waals surface area contributed by atoms with Crippen LogP contribution in [0.25, 0.3) is 0 Å². The zero-order chi connectivity index (χ0) is 9.03. The van der Waals surface area contributed by atoms with Crippen molar-refractivity contribution in [3.8, 4) is 5.75 Å². The van der Waals surface area contributed by atoms with Gasteiger partial charge >= 0.3 is 0 Å². The third kappa shape index (κ3) is 2.74. The van der Waals surface area contributed by atoms with Crippen LogP contribution in [0.4, 0.5) is 0 Å². The van der Waals surface area contributed by atoms with Crippen molar-refractivity contribution in [2.75, 3.05) is 5.88 Å². The molecule has 12 heavy (non-hydrogen) atoms. The minimum Gasteiger partial charge on any atom is -0.487 e. The predicted molar refractivity (Wildman–Crippen MR) is 50.7 cm³/mol. The van der Waals surface area contributed by atoms with Crippen LogP contribution in [0.15, 0.2) is 24.3 Å². The molecule has 1 radical (unpaired) electrons. The van der Waals surface area contributed by atoms with Crippen molar-refractivity contribution in [1.29, 1.82) is 0 Å². The minimum atomic E-state index is -0.303. The lowest BCUT2D eigenvalue weighted by Crippen LogP contribution is -2.29. The van der Waals surface area contributed by atoms with Gasteiger partial charge < -0.3 is 4.74 Å². The maximum Gasteiger partial charge on any atom is 0.120 e. The van der Waals surface area contributed by atoms with Gasteiger partial charge in [0.25, 0.3) is 0 Å². The Labute approximate surface area is 78.3 Å². The normalized spacial score (nSPS) is 11.2. The van der Waals surface area contributed by atoms with Gasteiger partial charge in [0.15, 0.2) is 0 Å². The minimum absolute atomic E-state index is 0.303. The molecule has 1 aromatic carbocycles. The van der Waals surface area contributed by atoms with E-state index in [1.54, 1.807) is 0 Å². The Morgan fingerprint density at radius 3 is 2.50 bits per heavy atom. The Hall–Kier alpha value is -0.690. The van der Waals surface area contributed by atoms with E-state index in [4.69, 9.17) is 16.3 Å². The summed E-state index contributed by atoms with van der Waals surface area (Å²) in [7, 11) is 0. The van der Waals surface area contributed by atoms with E-state index in [0.717, 1.165) is 5.75 Å². The molecule has 0 amide bonds. The summed E-state index contributed by atoms with van der Waals surface area (Å²) in [6.45, 7) is 3.91. The Bertz CT molecular complexity index is 231. The van der Waals surface area contributed by atoms with Gasteiger partial charge in [-0.2, -0.15) is 0 Å². The van der Waals surface area contributed by atoms with Gasteiger partial charge in [-0.25, -0.2) is 0 Å². The molecule has 1 rings (SSSR count). The molecule has 0 unspecified atom stereocenters. The molecule has 65 valence electrons. The Kier molecular flexibility index (Phi) is 2.99. The lowest BCUT2D eigenvalue weighted by Gasteiger charge is -2.23. The zero-order valence-corrected chi connectivity index (χ0v) is 8.06. The van der Waals surface area contributed by atoms with Crippen molar-refractivity contribution in [3.05, 3.63) is 30.3 Å². The number of hydrogen-bond donors (Lipinski definition) is 0. The summed E-state index contributed by atoms with van der Waals surface area (Å²) in [5, 5.41) is 0. The number of hydrogen-bond acceptors (Lipinski definition) is 1. The summed E-state index contributed by atoms with van der Waals surface area (Å²) in [6.07, 6.45) is 0. The standard InChI is InChI=1S/C10H12ClO/c1-10(2,8-11)12-9-6-4-3-5-7-9/h4-7H,8H2,1-2H3.